The van der Waals surface area contributed by atoms with E-state index in [4.69, 9.17) is 9.84 Å². The summed E-state index contributed by atoms with van der Waals surface area (Å²) in [7, 11) is 0. The molecule has 0 aromatic rings. The lowest BCUT2D eigenvalue weighted by atomic mass is 10.0. The molecule has 0 aromatic carbocycles. The molecule has 168 valence electrons. The molecule has 0 radical (unpaired) electrons. The maximum atomic E-state index is 11.4. The number of carbonyl (C=O) groups is 1. The third-order valence-electron chi connectivity index (χ3n) is 5.00. The number of aliphatic hydroxyl groups excluding tert-OH is 2. The summed E-state index contributed by atoms with van der Waals surface area (Å²) in [6.07, 6.45) is 19.7. The van der Waals surface area contributed by atoms with Gasteiger partial charge in [0.05, 0.1) is 0 Å². The van der Waals surface area contributed by atoms with Crippen LogP contribution in [-0.4, -0.2) is 39.7 Å². The Bertz CT molecular complexity index is 342. The third kappa shape index (κ3) is 20.6. The fourth-order valence-electron chi connectivity index (χ4n) is 3.16. The zero-order valence-corrected chi connectivity index (χ0v) is 20.1. The Morgan fingerprint density at radius 2 is 1.18 bits per heavy atom. The number of hydrogen-bond donors (Lipinski definition) is 3. The molecule has 0 spiro atoms. The highest BCUT2D eigenvalue weighted by molar-refractivity contribution is 14.1. The number of carbonyl (C=O) groups excluding carboxylic acids is 1. The van der Waals surface area contributed by atoms with Gasteiger partial charge in [0.2, 0.25) is 0 Å². The highest BCUT2D eigenvalue weighted by Crippen LogP contribution is 2.13. The number of aliphatic hydroxyl groups is 2. The molecule has 28 heavy (non-hydrogen) atoms. The second-order valence-corrected chi connectivity index (χ2v) is 9.04. The fourth-order valence-corrected chi connectivity index (χ4v) is 3.36. The molecule has 0 heterocycles. The number of unbranched alkanes of at least 4 members (excludes halogenated alkanes) is 15. The van der Waals surface area contributed by atoms with E-state index in [1.54, 1.807) is 22.6 Å². The van der Waals surface area contributed by atoms with Crippen LogP contribution < -0.4 is 5.32 Å². The molecule has 5 nitrogen and oxygen atoms in total. The van der Waals surface area contributed by atoms with Gasteiger partial charge in [0.1, 0.15) is 16.8 Å². The topological polar surface area (TPSA) is 78.8 Å². The Labute approximate surface area is 186 Å². The SMILES string of the molecule is CCCCCCCCCCCCCCCCCCNC(=O)OCC(O)C(O)I. The molecule has 0 bridgehead atoms. The molecule has 2 atom stereocenters. The second-order valence-electron chi connectivity index (χ2n) is 7.77. The molecule has 1 amide bonds. The van der Waals surface area contributed by atoms with Crippen molar-refractivity contribution in [3.8, 4) is 0 Å². The molecule has 0 rings (SSSR count). The van der Waals surface area contributed by atoms with E-state index in [2.05, 4.69) is 12.2 Å². The third-order valence-corrected chi connectivity index (χ3v) is 5.83. The molecule has 3 N–H and O–H groups in total. The zero-order valence-electron chi connectivity index (χ0n) is 18.0. The van der Waals surface area contributed by atoms with Crippen LogP contribution in [0, 0.1) is 0 Å². The van der Waals surface area contributed by atoms with Gasteiger partial charge >= 0.3 is 6.09 Å². The Balaban J connectivity index is 3.16. The Hall–Kier alpha value is -0.0800. The lowest BCUT2D eigenvalue weighted by Crippen LogP contribution is -2.32. The van der Waals surface area contributed by atoms with Gasteiger partial charge in [-0.15, -0.1) is 0 Å². The summed E-state index contributed by atoms with van der Waals surface area (Å²) in [4.78, 5) is 11.4. The van der Waals surface area contributed by atoms with Gasteiger partial charge in [0, 0.05) is 6.54 Å². The largest absolute Gasteiger partial charge is 0.447 e. The summed E-state index contributed by atoms with van der Waals surface area (Å²) in [6, 6.07) is 0. The Kier molecular flexibility index (Phi) is 21.6. The first-order valence-corrected chi connectivity index (χ1v) is 12.7. The summed E-state index contributed by atoms with van der Waals surface area (Å²) in [6.45, 7) is 2.68. The second kappa shape index (κ2) is 21.6. The number of hydrogen-bond acceptors (Lipinski definition) is 4. The van der Waals surface area contributed by atoms with E-state index in [0.29, 0.717) is 6.54 Å². The van der Waals surface area contributed by atoms with Gasteiger partial charge < -0.3 is 20.3 Å². The van der Waals surface area contributed by atoms with Crippen molar-refractivity contribution in [3.63, 3.8) is 0 Å². The smallest absolute Gasteiger partial charge is 0.407 e. The monoisotopic (exact) mass is 513 g/mol. The molecule has 6 heteroatoms. The van der Waals surface area contributed by atoms with Crippen molar-refractivity contribution in [2.24, 2.45) is 0 Å². The van der Waals surface area contributed by atoms with E-state index in [-0.39, 0.29) is 6.61 Å². The van der Waals surface area contributed by atoms with Crippen LogP contribution >= 0.6 is 22.6 Å². The van der Waals surface area contributed by atoms with Crippen LogP contribution in [-0.2, 0) is 4.74 Å². The van der Waals surface area contributed by atoms with Crippen molar-refractivity contribution in [2.75, 3.05) is 13.2 Å². The Morgan fingerprint density at radius 1 is 0.786 bits per heavy atom. The maximum Gasteiger partial charge on any atom is 0.407 e. The van der Waals surface area contributed by atoms with Crippen LogP contribution in [0.1, 0.15) is 110 Å². The van der Waals surface area contributed by atoms with E-state index in [0.717, 1.165) is 12.8 Å². The van der Waals surface area contributed by atoms with Crippen molar-refractivity contribution in [1.29, 1.82) is 0 Å². The predicted molar refractivity (Wildman–Crippen MR) is 125 cm³/mol. The zero-order chi connectivity index (χ0) is 20.9. The number of alkyl halides is 1. The van der Waals surface area contributed by atoms with Gasteiger partial charge in [-0.05, 0) is 29.0 Å². The molecule has 0 aliphatic carbocycles. The number of amides is 1. The minimum absolute atomic E-state index is 0.186. The quantitative estimate of drug-likeness (QED) is 0.105. The van der Waals surface area contributed by atoms with Crippen LogP contribution in [0.2, 0.25) is 0 Å². The van der Waals surface area contributed by atoms with Crippen molar-refractivity contribution in [3.05, 3.63) is 0 Å². The van der Waals surface area contributed by atoms with Crippen molar-refractivity contribution < 1.29 is 19.7 Å². The van der Waals surface area contributed by atoms with Crippen LogP contribution in [0.3, 0.4) is 0 Å². The first-order valence-electron chi connectivity index (χ1n) is 11.5. The number of nitrogens with one attached hydrogen (secondary N) is 1. The number of alkyl carbamates (subject to hydrolysis) is 1. The number of rotatable bonds is 20. The van der Waals surface area contributed by atoms with E-state index >= 15 is 0 Å². The van der Waals surface area contributed by atoms with Gasteiger partial charge in [-0.1, -0.05) is 103 Å². The molecule has 0 aliphatic rings. The normalized spacial score (nSPS) is 13.3. The van der Waals surface area contributed by atoms with E-state index in [1.807, 2.05) is 0 Å². The molecule has 0 saturated carbocycles. The van der Waals surface area contributed by atoms with Crippen LogP contribution in [0.5, 0.6) is 0 Å². The van der Waals surface area contributed by atoms with E-state index in [1.165, 1.54) is 89.9 Å². The first-order chi connectivity index (χ1) is 13.6. The summed E-state index contributed by atoms with van der Waals surface area (Å²) < 4.78 is 3.90. The maximum absolute atomic E-state index is 11.4. The van der Waals surface area contributed by atoms with Gasteiger partial charge in [-0.25, -0.2) is 4.79 Å². The van der Waals surface area contributed by atoms with Crippen LogP contribution in [0.15, 0.2) is 0 Å². The predicted octanol–water partition coefficient (Wildman–Crippen LogP) is 6.09. The summed E-state index contributed by atoms with van der Waals surface area (Å²) in [5.74, 6) is 0. The molecule has 0 aliphatic heterocycles. The molecular formula is C22H44INO4. The number of ether oxygens (including phenoxy) is 1. The highest BCUT2D eigenvalue weighted by Gasteiger charge is 2.14. The lowest BCUT2D eigenvalue weighted by Gasteiger charge is -2.12. The van der Waals surface area contributed by atoms with E-state index in [9.17, 15) is 9.90 Å². The minimum atomic E-state index is -1.04. The molecule has 0 fully saturated rings. The molecule has 0 saturated heterocycles. The molecule has 2 unspecified atom stereocenters. The minimum Gasteiger partial charge on any atom is -0.447 e. The molecule has 0 aromatic heterocycles. The highest BCUT2D eigenvalue weighted by atomic mass is 127. The standard InChI is InChI=1S/C22H44INO4/c1-2-3-4-5-6-7-8-9-10-11-12-13-14-15-16-17-18-24-22(27)28-19-20(25)21(23)26/h20-21,25-26H,2-19H2,1H3,(H,24,27). The van der Waals surface area contributed by atoms with Gasteiger partial charge in [-0.3, -0.25) is 0 Å². The summed E-state index contributed by atoms with van der Waals surface area (Å²) in [5.41, 5.74) is 0. The van der Waals surface area contributed by atoms with Crippen LogP contribution in [0.25, 0.3) is 0 Å². The van der Waals surface area contributed by atoms with Crippen molar-refractivity contribution in [2.45, 2.75) is 120 Å². The Morgan fingerprint density at radius 3 is 1.57 bits per heavy atom. The van der Waals surface area contributed by atoms with Gasteiger partial charge in [-0.2, -0.15) is 0 Å². The fraction of sp³-hybridized carbons (Fsp3) is 0.955. The summed E-state index contributed by atoms with van der Waals surface area (Å²) in [5, 5.41) is 21.1. The van der Waals surface area contributed by atoms with E-state index < -0.39 is 16.3 Å². The summed E-state index contributed by atoms with van der Waals surface area (Å²) >= 11 is 1.68. The van der Waals surface area contributed by atoms with Crippen molar-refractivity contribution in [1.82, 2.24) is 5.32 Å². The molecular weight excluding hydrogens is 469 g/mol. The van der Waals surface area contributed by atoms with Crippen molar-refractivity contribution >= 4 is 28.7 Å². The first kappa shape index (κ1) is 27.9. The number of halogens is 1. The average Bonchev–Trinajstić information content (AvgIpc) is 2.68. The van der Waals surface area contributed by atoms with Gasteiger partial charge in [0.15, 0.2) is 0 Å². The van der Waals surface area contributed by atoms with Crippen LogP contribution in [0.4, 0.5) is 4.79 Å². The average molecular weight is 514 g/mol. The van der Waals surface area contributed by atoms with Gasteiger partial charge in [0.25, 0.3) is 0 Å². The lowest BCUT2D eigenvalue weighted by molar-refractivity contribution is 0.0246.